The van der Waals surface area contributed by atoms with E-state index in [0.29, 0.717) is 0 Å². The van der Waals surface area contributed by atoms with E-state index in [1.54, 1.807) is 24.0 Å². The highest BCUT2D eigenvalue weighted by molar-refractivity contribution is 7.88. The van der Waals surface area contributed by atoms with Gasteiger partial charge in [-0.3, -0.25) is 0 Å². The minimum atomic E-state index is -1.09. The van der Waals surface area contributed by atoms with Crippen LogP contribution in [0.1, 0.15) is 5.56 Å². The Labute approximate surface area is 90.7 Å². The maximum absolute atomic E-state index is 11.7. The van der Waals surface area contributed by atoms with Crippen molar-refractivity contribution >= 4 is 16.9 Å². The summed E-state index contributed by atoms with van der Waals surface area (Å²) in [6.07, 6.45) is 4.98. The van der Waals surface area contributed by atoms with Crippen molar-refractivity contribution in [2.45, 2.75) is 4.90 Å². The zero-order valence-corrected chi connectivity index (χ0v) is 8.81. The standard InChI is InChI=1S/C12H10O2S/c13-15(12-4-2-1-3-5-12)9-7-11-6-8-14-10-11/h1-10H/b9-7-. The Hall–Kier alpha value is -1.61. The molecule has 0 saturated heterocycles. The van der Waals surface area contributed by atoms with Gasteiger partial charge in [0.1, 0.15) is 0 Å². The van der Waals surface area contributed by atoms with Gasteiger partial charge in [-0.1, -0.05) is 18.2 Å². The first kappa shape index (κ1) is 9.93. The normalized spacial score (nSPS) is 13.1. The van der Waals surface area contributed by atoms with Crippen molar-refractivity contribution in [3.05, 3.63) is 59.9 Å². The van der Waals surface area contributed by atoms with Crippen LogP contribution in [0.5, 0.6) is 0 Å². The molecule has 0 N–H and O–H groups in total. The third kappa shape index (κ3) is 2.67. The largest absolute Gasteiger partial charge is 0.472 e. The second-order valence-corrected chi connectivity index (χ2v) is 4.31. The van der Waals surface area contributed by atoms with Gasteiger partial charge in [0.15, 0.2) is 0 Å². The SMILES string of the molecule is O=S(/C=C\c1ccoc1)c1ccccc1. The van der Waals surface area contributed by atoms with Gasteiger partial charge in [-0.15, -0.1) is 0 Å². The highest BCUT2D eigenvalue weighted by Crippen LogP contribution is 2.09. The van der Waals surface area contributed by atoms with Gasteiger partial charge in [0.05, 0.1) is 23.3 Å². The van der Waals surface area contributed by atoms with Crippen molar-refractivity contribution in [1.82, 2.24) is 0 Å². The Kier molecular flexibility index (Phi) is 3.15. The molecule has 0 bridgehead atoms. The van der Waals surface area contributed by atoms with Crippen LogP contribution in [0.15, 0.2) is 63.6 Å². The molecule has 1 aromatic carbocycles. The quantitative estimate of drug-likeness (QED) is 0.792. The molecule has 3 heteroatoms. The molecule has 0 aliphatic carbocycles. The molecular formula is C12H10O2S. The summed E-state index contributed by atoms with van der Waals surface area (Å²) in [7, 11) is -1.09. The molecule has 2 rings (SSSR count). The Morgan fingerprint density at radius 3 is 2.60 bits per heavy atom. The van der Waals surface area contributed by atoms with Gasteiger partial charge in [0, 0.05) is 15.9 Å². The molecule has 1 atom stereocenters. The lowest BCUT2D eigenvalue weighted by molar-refractivity contribution is 0.567. The van der Waals surface area contributed by atoms with Crippen molar-refractivity contribution in [3.63, 3.8) is 0 Å². The van der Waals surface area contributed by atoms with Crippen molar-refractivity contribution in [2.75, 3.05) is 0 Å². The summed E-state index contributed by atoms with van der Waals surface area (Å²) in [5.74, 6) is 0. The number of furan rings is 1. The van der Waals surface area contributed by atoms with Crippen LogP contribution in [-0.4, -0.2) is 4.21 Å². The van der Waals surface area contributed by atoms with E-state index in [2.05, 4.69) is 0 Å². The molecule has 0 spiro atoms. The average molecular weight is 218 g/mol. The molecule has 2 nitrogen and oxygen atoms in total. The molecule has 0 saturated carbocycles. The number of hydrogen-bond donors (Lipinski definition) is 0. The van der Waals surface area contributed by atoms with E-state index in [-0.39, 0.29) is 0 Å². The van der Waals surface area contributed by atoms with E-state index in [0.717, 1.165) is 10.5 Å². The average Bonchev–Trinajstić information content (AvgIpc) is 2.80. The van der Waals surface area contributed by atoms with E-state index in [1.165, 1.54) is 0 Å². The third-order valence-electron chi connectivity index (χ3n) is 1.90. The second kappa shape index (κ2) is 4.75. The fourth-order valence-corrected chi connectivity index (χ4v) is 2.01. The maximum Gasteiger partial charge on any atom is 0.0975 e. The van der Waals surface area contributed by atoms with Crippen LogP contribution in [0.4, 0.5) is 0 Å². The van der Waals surface area contributed by atoms with Crippen LogP contribution in [0.3, 0.4) is 0 Å². The van der Waals surface area contributed by atoms with Crippen molar-refractivity contribution in [2.24, 2.45) is 0 Å². The highest BCUT2D eigenvalue weighted by Gasteiger charge is 1.97. The van der Waals surface area contributed by atoms with Crippen LogP contribution in [0.25, 0.3) is 6.08 Å². The number of benzene rings is 1. The minimum absolute atomic E-state index is 0.803. The van der Waals surface area contributed by atoms with Crippen molar-refractivity contribution < 1.29 is 8.63 Å². The lowest BCUT2D eigenvalue weighted by Gasteiger charge is -1.94. The Morgan fingerprint density at radius 2 is 1.93 bits per heavy atom. The van der Waals surface area contributed by atoms with E-state index in [9.17, 15) is 4.21 Å². The van der Waals surface area contributed by atoms with Gasteiger partial charge >= 0.3 is 0 Å². The zero-order chi connectivity index (χ0) is 10.5. The van der Waals surface area contributed by atoms with E-state index in [1.807, 2.05) is 36.4 Å². The monoisotopic (exact) mass is 218 g/mol. The van der Waals surface area contributed by atoms with Crippen LogP contribution in [0, 0.1) is 0 Å². The van der Waals surface area contributed by atoms with Gasteiger partial charge < -0.3 is 4.42 Å². The minimum Gasteiger partial charge on any atom is -0.472 e. The molecule has 0 aliphatic heterocycles. The maximum atomic E-state index is 11.7. The van der Waals surface area contributed by atoms with Crippen LogP contribution in [-0.2, 0) is 10.8 Å². The van der Waals surface area contributed by atoms with Crippen LogP contribution in [0.2, 0.25) is 0 Å². The van der Waals surface area contributed by atoms with Gasteiger partial charge in [0.25, 0.3) is 0 Å². The fourth-order valence-electron chi connectivity index (χ4n) is 1.14. The van der Waals surface area contributed by atoms with E-state index in [4.69, 9.17) is 4.42 Å². The molecule has 1 heterocycles. The summed E-state index contributed by atoms with van der Waals surface area (Å²) in [6.45, 7) is 0. The summed E-state index contributed by atoms with van der Waals surface area (Å²) in [5, 5.41) is 1.65. The lowest BCUT2D eigenvalue weighted by Crippen LogP contribution is -1.84. The van der Waals surface area contributed by atoms with Gasteiger partial charge in [-0.05, 0) is 24.3 Å². The molecule has 0 aliphatic rings. The Bertz CT molecular complexity index is 458. The summed E-state index contributed by atoms with van der Waals surface area (Å²) in [5.41, 5.74) is 0.916. The van der Waals surface area contributed by atoms with Gasteiger partial charge in [-0.2, -0.15) is 0 Å². The molecule has 0 fully saturated rings. The lowest BCUT2D eigenvalue weighted by atomic mass is 10.3. The van der Waals surface area contributed by atoms with Crippen molar-refractivity contribution in [3.8, 4) is 0 Å². The number of hydrogen-bond acceptors (Lipinski definition) is 2. The molecule has 0 radical (unpaired) electrons. The third-order valence-corrected chi connectivity index (χ3v) is 3.02. The highest BCUT2D eigenvalue weighted by atomic mass is 32.2. The molecule has 0 amide bonds. The van der Waals surface area contributed by atoms with Gasteiger partial charge in [-0.25, -0.2) is 4.21 Å². The van der Waals surface area contributed by atoms with Crippen LogP contribution < -0.4 is 0 Å². The fraction of sp³-hybridized carbons (Fsp3) is 0. The molecule has 1 unspecified atom stereocenters. The van der Waals surface area contributed by atoms with Gasteiger partial charge in [0.2, 0.25) is 0 Å². The molecule has 15 heavy (non-hydrogen) atoms. The Morgan fingerprint density at radius 1 is 1.13 bits per heavy atom. The summed E-state index contributed by atoms with van der Waals surface area (Å²) in [4.78, 5) is 0.803. The molecular weight excluding hydrogens is 208 g/mol. The second-order valence-electron chi connectivity index (χ2n) is 2.97. The molecule has 1 aromatic heterocycles. The first-order chi connectivity index (χ1) is 7.36. The Balaban J connectivity index is 2.11. The first-order valence-corrected chi connectivity index (χ1v) is 5.73. The predicted molar refractivity (Wildman–Crippen MR) is 60.6 cm³/mol. The van der Waals surface area contributed by atoms with Crippen molar-refractivity contribution in [1.29, 1.82) is 0 Å². The number of rotatable bonds is 3. The van der Waals surface area contributed by atoms with Crippen LogP contribution >= 0.6 is 0 Å². The molecule has 2 aromatic rings. The predicted octanol–water partition coefficient (Wildman–Crippen LogP) is 3.06. The first-order valence-electron chi connectivity index (χ1n) is 4.52. The van der Waals surface area contributed by atoms with E-state index >= 15 is 0 Å². The smallest absolute Gasteiger partial charge is 0.0975 e. The molecule has 76 valence electrons. The summed E-state index contributed by atoms with van der Waals surface area (Å²) < 4.78 is 16.6. The summed E-state index contributed by atoms with van der Waals surface area (Å²) in [6, 6.07) is 11.2. The topological polar surface area (TPSA) is 30.2 Å². The zero-order valence-electron chi connectivity index (χ0n) is 8.00. The summed E-state index contributed by atoms with van der Waals surface area (Å²) >= 11 is 0. The van der Waals surface area contributed by atoms with E-state index < -0.39 is 10.8 Å².